The van der Waals surface area contributed by atoms with Crippen molar-refractivity contribution in [3.63, 3.8) is 0 Å². The molecule has 0 spiro atoms. The fraction of sp³-hybridized carbons (Fsp3) is 0.143. The Morgan fingerprint density at radius 1 is 0.743 bits per heavy atom. The molecular formula is C28H22O6S. The summed E-state index contributed by atoms with van der Waals surface area (Å²) in [5.41, 5.74) is 3.26. The van der Waals surface area contributed by atoms with Gasteiger partial charge in [0, 0.05) is 6.42 Å². The van der Waals surface area contributed by atoms with Crippen LogP contribution in [-0.2, 0) is 14.9 Å². The molecule has 3 atom stereocenters. The lowest BCUT2D eigenvalue weighted by Gasteiger charge is -2.24. The van der Waals surface area contributed by atoms with Gasteiger partial charge in [-0.3, -0.25) is 0 Å². The van der Waals surface area contributed by atoms with E-state index in [1.807, 2.05) is 30.3 Å². The second-order valence-electron chi connectivity index (χ2n) is 8.83. The van der Waals surface area contributed by atoms with Crippen LogP contribution in [0.5, 0.6) is 17.2 Å². The Bertz CT molecular complexity index is 1560. The van der Waals surface area contributed by atoms with E-state index < -0.39 is 27.6 Å². The molecule has 3 unspecified atom stereocenters. The van der Waals surface area contributed by atoms with Crippen molar-refractivity contribution < 1.29 is 27.6 Å². The molecule has 0 aromatic heterocycles. The van der Waals surface area contributed by atoms with Gasteiger partial charge in [0.25, 0.3) is 0 Å². The fourth-order valence-electron chi connectivity index (χ4n) is 5.05. The Labute approximate surface area is 202 Å². The first-order chi connectivity index (χ1) is 16.9. The third-order valence-corrected chi connectivity index (χ3v) is 8.26. The molecule has 2 aliphatic heterocycles. The highest BCUT2D eigenvalue weighted by Crippen LogP contribution is 2.51. The monoisotopic (exact) mass is 486 g/mol. The SMILES string of the molecule is O=S(=O)(Oc1ccc2ccccc2c1)C1CC2OC1C(c1ccc(O)cc1)=C2c1ccc(O)cc1. The van der Waals surface area contributed by atoms with E-state index in [-0.39, 0.29) is 23.7 Å². The van der Waals surface area contributed by atoms with E-state index >= 15 is 0 Å². The van der Waals surface area contributed by atoms with E-state index in [2.05, 4.69) is 0 Å². The number of hydrogen-bond acceptors (Lipinski definition) is 6. The summed E-state index contributed by atoms with van der Waals surface area (Å²) >= 11 is 0. The average molecular weight is 487 g/mol. The Morgan fingerprint density at radius 3 is 2.00 bits per heavy atom. The lowest BCUT2D eigenvalue weighted by atomic mass is 9.83. The van der Waals surface area contributed by atoms with Crippen molar-refractivity contribution in [3.05, 3.63) is 102 Å². The van der Waals surface area contributed by atoms with Gasteiger partial charge in [0.2, 0.25) is 0 Å². The van der Waals surface area contributed by atoms with Gasteiger partial charge in [-0.2, -0.15) is 8.42 Å². The number of hydrogen-bond donors (Lipinski definition) is 2. The molecule has 0 radical (unpaired) electrons. The predicted octanol–water partition coefficient (Wildman–Crippen LogP) is 5.11. The number of fused-ring (bicyclic) bond motifs is 3. The van der Waals surface area contributed by atoms with Crippen LogP contribution in [0.4, 0.5) is 0 Å². The van der Waals surface area contributed by atoms with Crippen LogP contribution in [0.3, 0.4) is 0 Å². The van der Waals surface area contributed by atoms with E-state index in [1.165, 1.54) is 0 Å². The van der Waals surface area contributed by atoms with Crippen molar-refractivity contribution in [1.82, 2.24) is 0 Å². The van der Waals surface area contributed by atoms with Gasteiger partial charge >= 0.3 is 10.1 Å². The first kappa shape index (κ1) is 21.7. The molecule has 4 aromatic carbocycles. The van der Waals surface area contributed by atoms with Crippen molar-refractivity contribution in [2.75, 3.05) is 0 Å². The van der Waals surface area contributed by atoms with Gasteiger partial charge in [-0.25, -0.2) is 0 Å². The molecule has 176 valence electrons. The van der Waals surface area contributed by atoms with Gasteiger partial charge in [0.1, 0.15) is 28.6 Å². The maximum atomic E-state index is 13.4. The Kier molecular flexibility index (Phi) is 5.05. The van der Waals surface area contributed by atoms with E-state index in [9.17, 15) is 18.6 Å². The van der Waals surface area contributed by atoms with Crippen LogP contribution in [0.25, 0.3) is 21.9 Å². The third-order valence-electron chi connectivity index (χ3n) is 6.65. The minimum absolute atomic E-state index is 0.119. The zero-order chi connectivity index (χ0) is 24.2. The van der Waals surface area contributed by atoms with Crippen LogP contribution in [0.15, 0.2) is 91.0 Å². The lowest BCUT2D eigenvalue weighted by molar-refractivity contribution is 0.128. The molecule has 4 aromatic rings. The van der Waals surface area contributed by atoms with Crippen molar-refractivity contribution >= 4 is 32.0 Å². The molecule has 2 bridgehead atoms. The van der Waals surface area contributed by atoms with Gasteiger partial charge in [-0.15, -0.1) is 0 Å². The number of aromatic hydroxyl groups is 2. The fourth-order valence-corrected chi connectivity index (χ4v) is 6.46. The zero-order valence-electron chi connectivity index (χ0n) is 18.5. The molecule has 1 saturated heterocycles. The minimum Gasteiger partial charge on any atom is -0.508 e. The molecule has 6 nitrogen and oxygen atoms in total. The summed E-state index contributed by atoms with van der Waals surface area (Å²) in [5.74, 6) is 0.530. The largest absolute Gasteiger partial charge is 0.508 e. The number of phenols is 2. The minimum atomic E-state index is -4.02. The maximum Gasteiger partial charge on any atom is 0.315 e. The number of ether oxygens (including phenoxy) is 1. The second-order valence-corrected chi connectivity index (χ2v) is 10.6. The van der Waals surface area contributed by atoms with Crippen LogP contribution < -0.4 is 4.18 Å². The molecule has 1 fully saturated rings. The van der Waals surface area contributed by atoms with E-state index in [4.69, 9.17) is 8.92 Å². The van der Waals surface area contributed by atoms with E-state index in [1.54, 1.807) is 60.7 Å². The highest BCUT2D eigenvalue weighted by molar-refractivity contribution is 7.87. The van der Waals surface area contributed by atoms with Gasteiger partial charge in [0.05, 0.1) is 6.10 Å². The van der Waals surface area contributed by atoms with Crippen molar-refractivity contribution in [2.45, 2.75) is 23.9 Å². The third kappa shape index (κ3) is 3.83. The molecule has 0 amide bonds. The maximum absolute atomic E-state index is 13.4. The van der Waals surface area contributed by atoms with Crippen LogP contribution >= 0.6 is 0 Å². The van der Waals surface area contributed by atoms with Gasteiger partial charge in [0.15, 0.2) is 0 Å². The van der Waals surface area contributed by atoms with E-state index in [0.717, 1.165) is 33.0 Å². The summed E-state index contributed by atoms with van der Waals surface area (Å²) in [5, 5.41) is 20.5. The Hall–Kier alpha value is -3.81. The number of phenolic OH excluding ortho intramolecular Hbond substituents is 2. The van der Waals surface area contributed by atoms with Gasteiger partial charge < -0.3 is 19.1 Å². The van der Waals surface area contributed by atoms with Gasteiger partial charge in [-0.1, -0.05) is 54.6 Å². The van der Waals surface area contributed by atoms with Crippen LogP contribution in [0, 0.1) is 0 Å². The summed E-state index contributed by atoms with van der Waals surface area (Å²) < 4.78 is 38.7. The molecule has 6 rings (SSSR count). The van der Waals surface area contributed by atoms with Crippen LogP contribution in [0.2, 0.25) is 0 Å². The molecule has 2 heterocycles. The summed E-state index contributed by atoms with van der Waals surface area (Å²) in [4.78, 5) is 0. The zero-order valence-corrected chi connectivity index (χ0v) is 19.4. The van der Waals surface area contributed by atoms with Crippen LogP contribution in [0.1, 0.15) is 17.5 Å². The normalized spacial score (nSPS) is 21.5. The van der Waals surface area contributed by atoms with Crippen LogP contribution in [-0.4, -0.2) is 36.1 Å². The van der Waals surface area contributed by atoms with Gasteiger partial charge in [-0.05, 0) is 69.4 Å². The lowest BCUT2D eigenvalue weighted by Crippen LogP contribution is -2.35. The predicted molar refractivity (Wildman–Crippen MR) is 134 cm³/mol. The number of rotatable bonds is 5. The van der Waals surface area contributed by atoms with Crippen molar-refractivity contribution in [2.24, 2.45) is 0 Å². The highest BCUT2D eigenvalue weighted by Gasteiger charge is 2.53. The molecule has 7 heteroatoms. The first-order valence-electron chi connectivity index (χ1n) is 11.3. The summed E-state index contributed by atoms with van der Waals surface area (Å²) in [6.45, 7) is 0. The molecule has 35 heavy (non-hydrogen) atoms. The summed E-state index contributed by atoms with van der Waals surface area (Å²) in [6, 6.07) is 26.3. The Morgan fingerprint density at radius 2 is 1.34 bits per heavy atom. The topological polar surface area (TPSA) is 93.1 Å². The second kappa shape index (κ2) is 8.15. The molecule has 0 aliphatic carbocycles. The summed E-state index contributed by atoms with van der Waals surface area (Å²) in [6.07, 6.45) is -0.898. The molecule has 0 saturated carbocycles. The molecule has 2 aliphatic rings. The number of benzene rings is 4. The standard InChI is InChI=1S/C28H22O6S/c29-21-10-5-18(6-11-21)26-24-16-25(28(33-24)27(26)19-7-12-22(30)13-8-19)35(31,32)34-23-14-9-17-3-1-2-4-20(17)15-23/h1-15,24-25,28-30H,16H2. The Balaban J connectivity index is 1.39. The van der Waals surface area contributed by atoms with Crippen molar-refractivity contribution in [1.29, 1.82) is 0 Å². The van der Waals surface area contributed by atoms with Crippen molar-refractivity contribution in [3.8, 4) is 17.2 Å². The van der Waals surface area contributed by atoms with E-state index in [0.29, 0.717) is 0 Å². The average Bonchev–Trinajstić information content (AvgIpc) is 3.45. The smallest absolute Gasteiger partial charge is 0.315 e. The quantitative estimate of drug-likeness (QED) is 0.381. The molecule has 2 N–H and O–H groups in total. The first-order valence-corrected chi connectivity index (χ1v) is 12.8. The molecular weight excluding hydrogens is 464 g/mol. The highest BCUT2D eigenvalue weighted by atomic mass is 32.2. The summed E-state index contributed by atoms with van der Waals surface area (Å²) in [7, 11) is -4.02.